The summed E-state index contributed by atoms with van der Waals surface area (Å²) in [4.78, 5) is 7.03. The molecule has 0 aliphatic carbocycles. The molecule has 1 aliphatic heterocycles. The van der Waals surface area contributed by atoms with Gasteiger partial charge in [-0.1, -0.05) is 27.2 Å². The van der Waals surface area contributed by atoms with Crippen LogP contribution in [0.4, 0.5) is 0 Å². The van der Waals surface area contributed by atoms with Gasteiger partial charge in [-0.15, -0.1) is 0 Å². The second kappa shape index (κ2) is 6.33. The van der Waals surface area contributed by atoms with Crippen LogP contribution in [0.2, 0.25) is 0 Å². The molecule has 0 spiro atoms. The third-order valence-corrected chi connectivity index (χ3v) is 4.13. The molecular weight excluding hydrogens is 220 g/mol. The van der Waals surface area contributed by atoms with Crippen molar-refractivity contribution in [2.45, 2.75) is 52.5 Å². The number of piperidine rings is 1. The van der Waals surface area contributed by atoms with Gasteiger partial charge in [0.05, 0.1) is 0 Å². The fourth-order valence-electron chi connectivity index (χ4n) is 2.72. The molecule has 2 heterocycles. The van der Waals surface area contributed by atoms with Crippen LogP contribution in [0.5, 0.6) is 0 Å². The Bertz CT molecular complexity index is 365. The number of nitrogens with zero attached hydrogens (tertiary/aromatic N) is 2. The van der Waals surface area contributed by atoms with Gasteiger partial charge in [-0.3, -0.25) is 9.88 Å². The first kappa shape index (κ1) is 13.5. The molecule has 18 heavy (non-hydrogen) atoms. The van der Waals surface area contributed by atoms with E-state index in [0.29, 0.717) is 5.92 Å². The van der Waals surface area contributed by atoms with Crippen molar-refractivity contribution in [1.29, 1.82) is 0 Å². The Morgan fingerprint density at radius 1 is 1.33 bits per heavy atom. The highest BCUT2D eigenvalue weighted by Gasteiger charge is 2.17. The lowest BCUT2D eigenvalue weighted by Gasteiger charge is -2.31. The fourth-order valence-corrected chi connectivity index (χ4v) is 2.72. The van der Waals surface area contributed by atoms with E-state index in [1.54, 1.807) is 0 Å². The van der Waals surface area contributed by atoms with E-state index in [1.165, 1.54) is 43.6 Å². The highest BCUT2D eigenvalue weighted by molar-refractivity contribution is 5.18. The Hall–Kier alpha value is -0.890. The maximum atomic E-state index is 4.44. The average molecular weight is 246 g/mol. The number of pyridine rings is 1. The van der Waals surface area contributed by atoms with Gasteiger partial charge in [0.15, 0.2) is 0 Å². The lowest BCUT2D eigenvalue weighted by atomic mass is 9.94. The summed E-state index contributed by atoms with van der Waals surface area (Å²) >= 11 is 0. The summed E-state index contributed by atoms with van der Waals surface area (Å²) in [6.07, 6.45) is 6.06. The van der Waals surface area contributed by atoms with Crippen molar-refractivity contribution in [1.82, 2.24) is 9.88 Å². The van der Waals surface area contributed by atoms with Crippen molar-refractivity contribution < 1.29 is 0 Å². The smallest absolute Gasteiger partial charge is 0.0432 e. The minimum Gasteiger partial charge on any atom is -0.299 e. The van der Waals surface area contributed by atoms with Crippen molar-refractivity contribution in [3.63, 3.8) is 0 Å². The average Bonchev–Trinajstić information content (AvgIpc) is 2.40. The summed E-state index contributed by atoms with van der Waals surface area (Å²) in [5.41, 5.74) is 2.64. The van der Waals surface area contributed by atoms with E-state index < -0.39 is 0 Å². The quantitative estimate of drug-likeness (QED) is 0.802. The Kier molecular flexibility index (Phi) is 4.76. The van der Waals surface area contributed by atoms with Crippen molar-refractivity contribution in [3.05, 3.63) is 29.6 Å². The normalized spacial score (nSPS) is 18.4. The van der Waals surface area contributed by atoms with Crippen LogP contribution in [-0.2, 0) is 6.54 Å². The number of hydrogen-bond acceptors (Lipinski definition) is 2. The van der Waals surface area contributed by atoms with Crippen LogP contribution in [0.1, 0.15) is 57.2 Å². The van der Waals surface area contributed by atoms with Crippen molar-refractivity contribution in [2.75, 3.05) is 13.1 Å². The Morgan fingerprint density at radius 3 is 2.67 bits per heavy atom. The Balaban J connectivity index is 1.92. The highest BCUT2D eigenvalue weighted by Crippen LogP contribution is 2.22. The molecule has 2 heteroatoms. The molecule has 0 saturated carbocycles. The molecule has 2 rings (SSSR count). The predicted molar refractivity (Wildman–Crippen MR) is 76.6 cm³/mol. The van der Waals surface area contributed by atoms with Gasteiger partial charge >= 0.3 is 0 Å². The molecule has 0 atom stereocenters. The van der Waals surface area contributed by atoms with Gasteiger partial charge in [0, 0.05) is 18.4 Å². The molecule has 1 aromatic heterocycles. The van der Waals surface area contributed by atoms with Crippen LogP contribution in [0.3, 0.4) is 0 Å². The molecule has 0 aromatic carbocycles. The van der Waals surface area contributed by atoms with Crippen LogP contribution < -0.4 is 0 Å². The second-order valence-corrected chi connectivity index (χ2v) is 5.87. The standard InChI is InChI=1S/C16H26N2/c1-4-14-6-9-18(10-7-14)12-15-5-8-17-16(11-15)13(2)3/h5,8,11,13-14H,4,6-7,9-10,12H2,1-3H3. The number of aromatic nitrogens is 1. The summed E-state index contributed by atoms with van der Waals surface area (Å²) < 4.78 is 0. The monoisotopic (exact) mass is 246 g/mol. The van der Waals surface area contributed by atoms with Gasteiger partial charge in [-0.25, -0.2) is 0 Å². The van der Waals surface area contributed by atoms with Crippen LogP contribution in [0.25, 0.3) is 0 Å². The first-order valence-corrected chi connectivity index (χ1v) is 7.36. The molecule has 2 nitrogen and oxygen atoms in total. The van der Waals surface area contributed by atoms with Crippen LogP contribution >= 0.6 is 0 Å². The van der Waals surface area contributed by atoms with E-state index in [2.05, 4.69) is 42.8 Å². The van der Waals surface area contributed by atoms with Gasteiger partial charge in [0.25, 0.3) is 0 Å². The molecule has 1 fully saturated rings. The van der Waals surface area contributed by atoms with Crippen molar-refractivity contribution in [2.24, 2.45) is 5.92 Å². The second-order valence-electron chi connectivity index (χ2n) is 5.87. The van der Waals surface area contributed by atoms with Crippen LogP contribution in [0, 0.1) is 5.92 Å². The molecule has 0 unspecified atom stereocenters. The van der Waals surface area contributed by atoms with E-state index in [-0.39, 0.29) is 0 Å². The van der Waals surface area contributed by atoms with E-state index in [0.717, 1.165) is 12.5 Å². The first-order valence-electron chi connectivity index (χ1n) is 7.36. The maximum absolute atomic E-state index is 4.44. The third kappa shape index (κ3) is 3.55. The molecule has 0 bridgehead atoms. The SMILES string of the molecule is CCC1CCN(Cc2ccnc(C(C)C)c2)CC1. The minimum absolute atomic E-state index is 0.524. The summed E-state index contributed by atoms with van der Waals surface area (Å²) in [5, 5.41) is 0. The van der Waals surface area contributed by atoms with E-state index in [1.807, 2.05) is 6.20 Å². The number of rotatable bonds is 4. The van der Waals surface area contributed by atoms with Gasteiger partial charge in [0.1, 0.15) is 0 Å². The molecule has 100 valence electrons. The van der Waals surface area contributed by atoms with Crippen molar-refractivity contribution >= 4 is 0 Å². The zero-order chi connectivity index (χ0) is 13.0. The lowest BCUT2D eigenvalue weighted by molar-refractivity contribution is 0.175. The molecule has 1 aromatic rings. The van der Waals surface area contributed by atoms with Gasteiger partial charge in [0.2, 0.25) is 0 Å². The van der Waals surface area contributed by atoms with E-state index >= 15 is 0 Å². The molecule has 0 amide bonds. The minimum atomic E-state index is 0.524. The molecular formula is C16H26N2. The van der Waals surface area contributed by atoms with Gasteiger partial charge < -0.3 is 0 Å². The summed E-state index contributed by atoms with van der Waals surface area (Å²) in [6, 6.07) is 4.44. The molecule has 1 aliphatic rings. The lowest BCUT2D eigenvalue weighted by Crippen LogP contribution is -2.33. The number of hydrogen-bond donors (Lipinski definition) is 0. The Labute approximate surface area is 111 Å². The molecule has 1 saturated heterocycles. The largest absolute Gasteiger partial charge is 0.299 e. The zero-order valence-corrected chi connectivity index (χ0v) is 12.0. The maximum Gasteiger partial charge on any atom is 0.0432 e. The summed E-state index contributed by atoms with van der Waals surface area (Å²) in [5.74, 6) is 1.49. The topological polar surface area (TPSA) is 16.1 Å². The van der Waals surface area contributed by atoms with E-state index in [4.69, 9.17) is 0 Å². The third-order valence-electron chi connectivity index (χ3n) is 4.13. The van der Waals surface area contributed by atoms with Crippen molar-refractivity contribution in [3.8, 4) is 0 Å². The van der Waals surface area contributed by atoms with Gasteiger partial charge in [-0.05, 0) is 55.5 Å². The number of likely N-dealkylation sites (tertiary alicyclic amines) is 1. The zero-order valence-electron chi connectivity index (χ0n) is 12.0. The molecule has 0 radical (unpaired) electrons. The van der Waals surface area contributed by atoms with Crippen LogP contribution in [0.15, 0.2) is 18.3 Å². The summed E-state index contributed by atoms with van der Waals surface area (Å²) in [7, 11) is 0. The Morgan fingerprint density at radius 2 is 2.06 bits per heavy atom. The van der Waals surface area contributed by atoms with Crippen LogP contribution in [-0.4, -0.2) is 23.0 Å². The summed E-state index contributed by atoms with van der Waals surface area (Å²) in [6.45, 7) is 10.4. The molecule has 0 N–H and O–H groups in total. The predicted octanol–water partition coefficient (Wildman–Crippen LogP) is 3.83. The fraction of sp³-hybridized carbons (Fsp3) is 0.688. The van der Waals surface area contributed by atoms with Gasteiger partial charge in [-0.2, -0.15) is 0 Å². The highest BCUT2D eigenvalue weighted by atomic mass is 15.1. The van der Waals surface area contributed by atoms with E-state index in [9.17, 15) is 0 Å². The first-order chi connectivity index (χ1) is 8.69.